The van der Waals surface area contributed by atoms with Gasteiger partial charge in [-0.1, -0.05) is 17.7 Å². The predicted octanol–water partition coefficient (Wildman–Crippen LogP) is 0.477. The molecule has 1 heterocycles. The number of nitrogens with one attached hydrogen (secondary N) is 1. The second-order valence-electron chi connectivity index (χ2n) is 5.07. The molecule has 1 N–H and O–H groups in total. The molecule has 1 atom stereocenters. The Morgan fingerprint density at radius 2 is 1.95 bits per heavy atom. The third-order valence-corrected chi connectivity index (χ3v) is 6.95. The molecule has 8 heteroatoms. The van der Waals surface area contributed by atoms with Gasteiger partial charge in [-0.2, -0.15) is 8.42 Å². The first kappa shape index (κ1) is 16.4. The van der Waals surface area contributed by atoms with E-state index >= 15 is 0 Å². The van der Waals surface area contributed by atoms with Crippen molar-refractivity contribution in [1.29, 1.82) is 0 Å². The molecular weight excluding hydrogens is 314 g/mol. The van der Waals surface area contributed by atoms with Gasteiger partial charge in [-0.15, -0.1) is 0 Å². The highest BCUT2D eigenvalue weighted by molar-refractivity contribution is 7.92. The minimum atomic E-state index is -3.83. The summed E-state index contributed by atoms with van der Waals surface area (Å²) in [5.41, 5.74) is 0.952. The van der Waals surface area contributed by atoms with Crippen LogP contribution in [-0.4, -0.2) is 47.5 Å². The molecular formula is C13H19NO5S2. The smallest absolute Gasteiger partial charge is 0.296 e. The van der Waals surface area contributed by atoms with Crippen molar-refractivity contribution in [2.24, 2.45) is 0 Å². The molecule has 1 unspecified atom stereocenters. The number of benzene rings is 1. The van der Waals surface area contributed by atoms with Crippen LogP contribution in [0, 0.1) is 6.92 Å². The Bertz CT molecular complexity index is 680. The van der Waals surface area contributed by atoms with E-state index in [0.29, 0.717) is 13.1 Å². The van der Waals surface area contributed by atoms with Gasteiger partial charge < -0.3 is 5.32 Å². The predicted molar refractivity (Wildman–Crippen MR) is 79.4 cm³/mol. The van der Waals surface area contributed by atoms with E-state index in [4.69, 9.17) is 4.18 Å². The molecule has 0 aromatic heterocycles. The van der Waals surface area contributed by atoms with E-state index in [1.807, 2.05) is 6.92 Å². The van der Waals surface area contributed by atoms with Crippen molar-refractivity contribution in [3.8, 4) is 0 Å². The van der Waals surface area contributed by atoms with E-state index in [2.05, 4.69) is 5.32 Å². The van der Waals surface area contributed by atoms with Crippen LogP contribution in [0.25, 0.3) is 0 Å². The largest absolute Gasteiger partial charge is 0.314 e. The van der Waals surface area contributed by atoms with Gasteiger partial charge in [0.05, 0.1) is 22.5 Å². The lowest BCUT2D eigenvalue weighted by molar-refractivity contribution is 0.306. The van der Waals surface area contributed by atoms with Gasteiger partial charge in [0, 0.05) is 13.1 Å². The Kier molecular flexibility index (Phi) is 5.03. The molecule has 1 aliphatic heterocycles. The Labute approximate surface area is 125 Å². The number of sulfone groups is 1. The lowest BCUT2D eigenvalue weighted by Crippen LogP contribution is -2.44. The van der Waals surface area contributed by atoms with Gasteiger partial charge in [-0.25, -0.2) is 8.42 Å². The molecule has 0 radical (unpaired) electrons. The average molecular weight is 333 g/mol. The number of rotatable bonds is 5. The molecule has 1 saturated heterocycles. The molecule has 1 aliphatic rings. The lowest BCUT2D eigenvalue weighted by Gasteiger charge is -2.22. The third-order valence-electron chi connectivity index (χ3n) is 3.43. The Balaban J connectivity index is 1.95. The van der Waals surface area contributed by atoms with Crippen LogP contribution in [0.1, 0.15) is 12.0 Å². The number of hydrogen-bond acceptors (Lipinski definition) is 6. The molecule has 6 nitrogen and oxygen atoms in total. The normalized spacial score (nSPS) is 22.0. The van der Waals surface area contributed by atoms with Gasteiger partial charge in [-0.3, -0.25) is 4.18 Å². The van der Waals surface area contributed by atoms with Crippen molar-refractivity contribution in [3.05, 3.63) is 29.8 Å². The van der Waals surface area contributed by atoms with Crippen LogP contribution in [0.15, 0.2) is 29.2 Å². The quantitative estimate of drug-likeness (QED) is 0.788. The van der Waals surface area contributed by atoms with Crippen LogP contribution in [-0.2, 0) is 24.1 Å². The fraction of sp³-hybridized carbons (Fsp3) is 0.538. The average Bonchev–Trinajstić information content (AvgIpc) is 2.41. The standard InChI is InChI=1S/C13H19NO5S2/c1-11-2-4-12(5-3-11)21(17,18)19-8-6-13-10-14-7-9-20(13,15)16/h2-5,13-14H,6-10H2,1H3. The Morgan fingerprint density at radius 1 is 1.29 bits per heavy atom. The molecule has 0 spiro atoms. The van der Waals surface area contributed by atoms with E-state index in [0.717, 1.165) is 5.56 Å². The maximum absolute atomic E-state index is 12.0. The third kappa shape index (κ3) is 4.26. The highest BCUT2D eigenvalue weighted by Crippen LogP contribution is 2.15. The summed E-state index contributed by atoms with van der Waals surface area (Å²) in [5, 5.41) is 2.41. The molecule has 2 rings (SSSR count). The number of aryl methyl sites for hydroxylation is 1. The minimum Gasteiger partial charge on any atom is -0.314 e. The molecule has 0 saturated carbocycles. The Hall–Kier alpha value is -0.960. The van der Waals surface area contributed by atoms with Gasteiger partial charge in [0.25, 0.3) is 10.1 Å². The zero-order valence-electron chi connectivity index (χ0n) is 11.8. The van der Waals surface area contributed by atoms with Gasteiger partial charge in [0.15, 0.2) is 9.84 Å². The molecule has 0 aliphatic carbocycles. The zero-order chi connectivity index (χ0) is 15.5. The van der Waals surface area contributed by atoms with Crippen molar-refractivity contribution in [2.45, 2.75) is 23.5 Å². The molecule has 21 heavy (non-hydrogen) atoms. The summed E-state index contributed by atoms with van der Waals surface area (Å²) in [7, 11) is -6.98. The number of hydrogen-bond donors (Lipinski definition) is 1. The molecule has 118 valence electrons. The Morgan fingerprint density at radius 3 is 2.57 bits per heavy atom. The zero-order valence-corrected chi connectivity index (χ0v) is 13.4. The monoisotopic (exact) mass is 333 g/mol. The summed E-state index contributed by atoms with van der Waals surface area (Å²) in [6.45, 7) is 2.51. The summed E-state index contributed by atoms with van der Waals surface area (Å²) in [5.74, 6) is 0.0857. The lowest BCUT2D eigenvalue weighted by atomic mass is 10.2. The molecule has 1 aromatic rings. The van der Waals surface area contributed by atoms with E-state index < -0.39 is 25.2 Å². The van der Waals surface area contributed by atoms with E-state index in [-0.39, 0.29) is 23.7 Å². The van der Waals surface area contributed by atoms with Crippen LogP contribution in [0.5, 0.6) is 0 Å². The topological polar surface area (TPSA) is 89.5 Å². The fourth-order valence-corrected chi connectivity index (χ4v) is 4.63. The summed E-state index contributed by atoms with van der Waals surface area (Å²) in [6, 6.07) is 6.32. The minimum absolute atomic E-state index is 0.0812. The van der Waals surface area contributed by atoms with E-state index in [1.54, 1.807) is 12.1 Å². The highest BCUT2D eigenvalue weighted by atomic mass is 32.2. The molecule has 0 bridgehead atoms. The van der Waals surface area contributed by atoms with Crippen LogP contribution in [0.3, 0.4) is 0 Å². The van der Waals surface area contributed by atoms with E-state index in [1.165, 1.54) is 12.1 Å². The summed E-state index contributed by atoms with van der Waals surface area (Å²) >= 11 is 0. The van der Waals surface area contributed by atoms with Crippen LogP contribution in [0.2, 0.25) is 0 Å². The summed E-state index contributed by atoms with van der Waals surface area (Å²) < 4.78 is 52.4. The van der Waals surface area contributed by atoms with Crippen molar-refractivity contribution in [3.63, 3.8) is 0 Å². The van der Waals surface area contributed by atoms with Gasteiger partial charge in [0.2, 0.25) is 0 Å². The first-order valence-corrected chi connectivity index (χ1v) is 9.82. The van der Waals surface area contributed by atoms with Crippen molar-refractivity contribution in [2.75, 3.05) is 25.4 Å². The molecule has 0 amide bonds. The van der Waals surface area contributed by atoms with Crippen LogP contribution < -0.4 is 5.32 Å². The molecule has 1 fully saturated rings. The van der Waals surface area contributed by atoms with Crippen molar-refractivity contribution in [1.82, 2.24) is 5.32 Å². The van der Waals surface area contributed by atoms with Crippen LogP contribution in [0.4, 0.5) is 0 Å². The fourth-order valence-electron chi connectivity index (χ4n) is 2.11. The summed E-state index contributed by atoms with van der Waals surface area (Å²) in [6.07, 6.45) is 0.167. The second kappa shape index (κ2) is 6.43. The van der Waals surface area contributed by atoms with Gasteiger partial charge in [-0.05, 0) is 25.5 Å². The second-order valence-corrected chi connectivity index (χ2v) is 9.09. The van der Waals surface area contributed by atoms with Crippen molar-refractivity contribution < 1.29 is 21.0 Å². The first-order valence-electron chi connectivity index (χ1n) is 6.70. The van der Waals surface area contributed by atoms with E-state index in [9.17, 15) is 16.8 Å². The van der Waals surface area contributed by atoms with Gasteiger partial charge in [0.1, 0.15) is 0 Å². The van der Waals surface area contributed by atoms with Crippen molar-refractivity contribution >= 4 is 20.0 Å². The highest BCUT2D eigenvalue weighted by Gasteiger charge is 2.29. The molecule has 1 aromatic carbocycles. The SMILES string of the molecule is Cc1ccc(S(=O)(=O)OCCC2CNCCS2(=O)=O)cc1. The first-order chi connectivity index (χ1) is 9.81. The summed E-state index contributed by atoms with van der Waals surface area (Å²) in [4.78, 5) is 0.0812. The van der Waals surface area contributed by atoms with Crippen LogP contribution >= 0.6 is 0 Å². The maximum Gasteiger partial charge on any atom is 0.296 e. The van der Waals surface area contributed by atoms with Gasteiger partial charge >= 0.3 is 0 Å². The maximum atomic E-state index is 12.0.